The number of rotatable bonds is 3. The number of ether oxygens (including phenoxy) is 1. The molecule has 0 aliphatic heterocycles. The first kappa shape index (κ1) is 15.0. The van der Waals surface area contributed by atoms with Gasteiger partial charge in [0.25, 0.3) is 0 Å². The second kappa shape index (κ2) is 6.52. The molecule has 1 aromatic carbocycles. The summed E-state index contributed by atoms with van der Waals surface area (Å²) in [5.41, 5.74) is 10.5. The van der Waals surface area contributed by atoms with E-state index in [1.807, 2.05) is 0 Å². The first-order valence-electron chi connectivity index (χ1n) is 4.14. The Balaban J connectivity index is 0.00000225. The van der Waals surface area contributed by atoms with Crippen molar-refractivity contribution in [1.29, 1.82) is 0 Å². The molecular weight excluding hydrogens is 258 g/mol. The molecule has 0 fully saturated rings. The van der Waals surface area contributed by atoms with Crippen LogP contribution >= 0.6 is 24.0 Å². The quantitative estimate of drug-likeness (QED) is 0.880. The van der Waals surface area contributed by atoms with Crippen LogP contribution < -0.4 is 11.5 Å². The van der Waals surface area contributed by atoms with Crippen LogP contribution in [-0.2, 0) is 4.74 Å². The first-order chi connectivity index (χ1) is 7.02. The van der Waals surface area contributed by atoms with Crippen LogP contribution in [0.1, 0.15) is 11.6 Å². The predicted octanol–water partition coefficient (Wildman–Crippen LogP) is 2.00. The Morgan fingerprint density at radius 1 is 1.56 bits per heavy atom. The van der Waals surface area contributed by atoms with Gasteiger partial charge in [0.2, 0.25) is 0 Å². The molecule has 4 nitrogen and oxygen atoms in total. The molecule has 0 aromatic heterocycles. The van der Waals surface area contributed by atoms with Crippen molar-refractivity contribution < 1.29 is 13.9 Å². The molecule has 1 atom stereocenters. The zero-order valence-electron chi connectivity index (χ0n) is 8.15. The topological polar surface area (TPSA) is 78.3 Å². The number of halogens is 3. The number of benzene rings is 1. The summed E-state index contributed by atoms with van der Waals surface area (Å²) in [7, 11) is 0. The van der Waals surface area contributed by atoms with Gasteiger partial charge in [0.1, 0.15) is 12.4 Å². The molecule has 7 heteroatoms. The van der Waals surface area contributed by atoms with Gasteiger partial charge in [-0.15, -0.1) is 12.4 Å². The van der Waals surface area contributed by atoms with Crippen molar-refractivity contribution in [2.24, 2.45) is 11.5 Å². The number of hydrogen-bond donors (Lipinski definition) is 2. The number of hydrogen-bond acceptors (Lipinski definition) is 3. The molecule has 0 radical (unpaired) electrons. The molecule has 1 rings (SSSR count). The summed E-state index contributed by atoms with van der Waals surface area (Å²) in [6, 6.07) is 3.65. The van der Waals surface area contributed by atoms with Gasteiger partial charge < -0.3 is 16.2 Å². The molecular formula is C9H11Cl2FN2O2. The lowest BCUT2D eigenvalue weighted by Crippen LogP contribution is -2.23. The van der Waals surface area contributed by atoms with Gasteiger partial charge in [0.05, 0.1) is 11.1 Å². The van der Waals surface area contributed by atoms with E-state index in [-0.39, 0.29) is 29.6 Å². The van der Waals surface area contributed by atoms with E-state index >= 15 is 0 Å². The maximum Gasteiger partial charge on any atom is 0.404 e. The molecule has 0 saturated heterocycles. The van der Waals surface area contributed by atoms with E-state index in [4.69, 9.17) is 23.1 Å². The van der Waals surface area contributed by atoms with Crippen LogP contribution in [0.5, 0.6) is 0 Å². The molecule has 16 heavy (non-hydrogen) atoms. The van der Waals surface area contributed by atoms with Gasteiger partial charge in [0, 0.05) is 5.56 Å². The number of nitrogens with two attached hydrogens (primary N) is 2. The third kappa shape index (κ3) is 3.84. The highest BCUT2D eigenvalue weighted by molar-refractivity contribution is 6.30. The van der Waals surface area contributed by atoms with E-state index < -0.39 is 18.0 Å². The Morgan fingerprint density at radius 3 is 2.75 bits per heavy atom. The van der Waals surface area contributed by atoms with Crippen LogP contribution in [-0.4, -0.2) is 12.7 Å². The van der Waals surface area contributed by atoms with Gasteiger partial charge in [0.15, 0.2) is 0 Å². The zero-order valence-corrected chi connectivity index (χ0v) is 9.72. The standard InChI is InChI=1S/C9H10ClFN2O2.ClH/c10-6-3-1-2-5(8(6)11)7(12)4-15-9(13)14;/h1-3,7H,4,12H2,(H2,13,14);1H. The molecule has 0 heterocycles. The smallest absolute Gasteiger partial charge is 0.404 e. The number of carbonyl (C=O) groups excluding carboxylic acids is 1. The Kier molecular flexibility index (Phi) is 6.10. The zero-order chi connectivity index (χ0) is 11.4. The molecule has 4 N–H and O–H groups in total. The van der Waals surface area contributed by atoms with E-state index in [2.05, 4.69) is 4.74 Å². The van der Waals surface area contributed by atoms with Crippen LogP contribution in [0.3, 0.4) is 0 Å². The third-order valence-electron chi connectivity index (χ3n) is 1.79. The fraction of sp³-hybridized carbons (Fsp3) is 0.222. The largest absolute Gasteiger partial charge is 0.448 e. The summed E-state index contributed by atoms with van der Waals surface area (Å²) >= 11 is 5.56. The monoisotopic (exact) mass is 268 g/mol. The van der Waals surface area contributed by atoms with Crippen LogP contribution in [0, 0.1) is 5.82 Å². The van der Waals surface area contributed by atoms with Crippen molar-refractivity contribution in [3.8, 4) is 0 Å². The van der Waals surface area contributed by atoms with Gasteiger partial charge >= 0.3 is 6.09 Å². The third-order valence-corrected chi connectivity index (χ3v) is 2.08. The van der Waals surface area contributed by atoms with Crippen molar-refractivity contribution in [3.05, 3.63) is 34.6 Å². The summed E-state index contributed by atoms with van der Waals surface area (Å²) in [5.74, 6) is -0.611. The van der Waals surface area contributed by atoms with Gasteiger partial charge in [-0.2, -0.15) is 0 Å². The van der Waals surface area contributed by atoms with Crippen molar-refractivity contribution in [2.45, 2.75) is 6.04 Å². The summed E-state index contributed by atoms with van der Waals surface area (Å²) < 4.78 is 17.8. The summed E-state index contributed by atoms with van der Waals surface area (Å²) in [4.78, 5) is 10.3. The first-order valence-corrected chi connectivity index (χ1v) is 4.52. The summed E-state index contributed by atoms with van der Waals surface area (Å²) in [5, 5.41) is -0.0259. The second-order valence-electron chi connectivity index (χ2n) is 2.88. The molecule has 0 saturated carbocycles. The molecule has 1 aromatic rings. The van der Waals surface area contributed by atoms with E-state index in [9.17, 15) is 9.18 Å². The lowest BCUT2D eigenvalue weighted by molar-refractivity contribution is 0.149. The van der Waals surface area contributed by atoms with E-state index in [0.29, 0.717) is 0 Å². The normalized spacial score (nSPS) is 11.4. The molecule has 0 spiro atoms. The summed E-state index contributed by atoms with van der Waals surface area (Å²) in [6.07, 6.45) is -0.951. The highest BCUT2D eigenvalue weighted by Gasteiger charge is 2.14. The molecule has 1 unspecified atom stereocenters. The molecule has 0 aliphatic rings. The molecule has 90 valence electrons. The van der Waals surface area contributed by atoms with Gasteiger partial charge in [-0.3, -0.25) is 0 Å². The fourth-order valence-electron chi connectivity index (χ4n) is 1.07. The SMILES string of the molecule is Cl.NC(=O)OCC(N)c1cccc(Cl)c1F. The number of carbonyl (C=O) groups is 1. The minimum Gasteiger partial charge on any atom is -0.448 e. The fourth-order valence-corrected chi connectivity index (χ4v) is 1.25. The minimum atomic E-state index is -0.951. The minimum absolute atomic E-state index is 0. The lowest BCUT2D eigenvalue weighted by atomic mass is 10.1. The number of primary amides is 1. The van der Waals surface area contributed by atoms with E-state index in [1.165, 1.54) is 12.1 Å². The van der Waals surface area contributed by atoms with Crippen molar-refractivity contribution in [3.63, 3.8) is 0 Å². The highest BCUT2D eigenvalue weighted by Crippen LogP contribution is 2.22. The van der Waals surface area contributed by atoms with Gasteiger partial charge in [-0.05, 0) is 6.07 Å². The summed E-state index contributed by atoms with van der Waals surface area (Å²) in [6.45, 7) is -0.188. The van der Waals surface area contributed by atoms with Crippen molar-refractivity contribution in [1.82, 2.24) is 0 Å². The van der Waals surface area contributed by atoms with Crippen molar-refractivity contribution >= 4 is 30.1 Å². The van der Waals surface area contributed by atoms with E-state index in [1.54, 1.807) is 6.07 Å². The van der Waals surface area contributed by atoms with Gasteiger partial charge in [-0.1, -0.05) is 23.7 Å². The Labute approximate surface area is 103 Å². The second-order valence-corrected chi connectivity index (χ2v) is 3.29. The number of amides is 1. The van der Waals surface area contributed by atoms with Crippen molar-refractivity contribution in [2.75, 3.05) is 6.61 Å². The van der Waals surface area contributed by atoms with E-state index in [0.717, 1.165) is 0 Å². The van der Waals surface area contributed by atoms with Crippen LogP contribution in [0.25, 0.3) is 0 Å². The maximum atomic E-state index is 13.4. The van der Waals surface area contributed by atoms with Gasteiger partial charge in [-0.25, -0.2) is 9.18 Å². The average Bonchev–Trinajstić information content (AvgIpc) is 2.18. The Morgan fingerprint density at radius 2 is 2.19 bits per heavy atom. The molecule has 1 amide bonds. The predicted molar refractivity (Wildman–Crippen MR) is 61.1 cm³/mol. The molecule has 0 aliphatic carbocycles. The van der Waals surface area contributed by atoms with Crippen LogP contribution in [0.15, 0.2) is 18.2 Å². The Bertz CT molecular complexity index is 377. The maximum absolute atomic E-state index is 13.4. The van der Waals surface area contributed by atoms with Crippen LogP contribution in [0.2, 0.25) is 5.02 Å². The lowest BCUT2D eigenvalue weighted by Gasteiger charge is -2.12. The average molecular weight is 269 g/mol. The highest BCUT2D eigenvalue weighted by atomic mass is 35.5. The molecule has 0 bridgehead atoms. The Hall–Kier alpha value is -1.04. The van der Waals surface area contributed by atoms with Crippen LogP contribution in [0.4, 0.5) is 9.18 Å².